The monoisotopic (exact) mass is 239 g/mol. The lowest BCUT2D eigenvalue weighted by Gasteiger charge is -2.10. The van der Waals surface area contributed by atoms with Crippen molar-refractivity contribution in [3.63, 3.8) is 0 Å². The third-order valence-electron chi connectivity index (χ3n) is 2.22. The van der Waals surface area contributed by atoms with E-state index in [1.807, 2.05) is 0 Å². The van der Waals surface area contributed by atoms with Gasteiger partial charge in [0.1, 0.15) is 5.52 Å². The summed E-state index contributed by atoms with van der Waals surface area (Å²) < 4.78 is 20.2. The second-order valence-electron chi connectivity index (χ2n) is 3.26. The molecule has 90 valence electrons. The molecule has 0 aliphatic heterocycles. The Morgan fingerprint density at radius 1 is 1.59 bits per heavy atom. The minimum atomic E-state index is -2.14. The molecular weight excluding hydrogens is 229 g/mol. The van der Waals surface area contributed by atoms with Crippen molar-refractivity contribution < 1.29 is 13.9 Å². The van der Waals surface area contributed by atoms with Gasteiger partial charge in [0.2, 0.25) is 0 Å². The van der Waals surface area contributed by atoms with Crippen LogP contribution in [0.5, 0.6) is 0 Å². The summed E-state index contributed by atoms with van der Waals surface area (Å²) in [5.41, 5.74) is -0.440. The summed E-state index contributed by atoms with van der Waals surface area (Å²) in [5, 5.41) is 3.83. The number of alkyl halides is 1. The lowest BCUT2D eigenvalue weighted by atomic mass is 10.4. The van der Waals surface area contributed by atoms with Crippen LogP contribution in [-0.2, 0) is 9.53 Å². The molecule has 6 nitrogen and oxygen atoms in total. The highest BCUT2D eigenvalue weighted by molar-refractivity contribution is 5.72. The van der Waals surface area contributed by atoms with Crippen molar-refractivity contribution in [2.24, 2.45) is 0 Å². The maximum atomic E-state index is 13.7. The number of fused-ring (bicyclic) bond motifs is 1. The van der Waals surface area contributed by atoms with E-state index >= 15 is 0 Å². The van der Waals surface area contributed by atoms with Gasteiger partial charge >= 0.3 is 5.97 Å². The maximum Gasteiger partial charge on any atom is 0.362 e. The first-order valence-corrected chi connectivity index (χ1v) is 5.00. The normalized spacial score (nSPS) is 12.6. The van der Waals surface area contributed by atoms with Crippen molar-refractivity contribution in [1.82, 2.24) is 14.2 Å². The van der Waals surface area contributed by atoms with Crippen molar-refractivity contribution in [3.05, 3.63) is 35.0 Å². The summed E-state index contributed by atoms with van der Waals surface area (Å²) in [6, 6.07) is 1.44. The molecule has 0 aromatic carbocycles. The second kappa shape index (κ2) is 4.36. The standard InChI is InChI=1S/C10H10FN3O3/c1-2-17-10(16)8(11)13-5-6-14-7(9(13)15)3-4-12-14/h3-6,8H,2H2,1H3. The number of hydrogen-bond acceptors (Lipinski definition) is 4. The van der Waals surface area contributed by atoms with Gasteiger partial charge in [-0.25, -0.2) is 13.7 Å². The molecule has 0 bridgehead atoms. The SMILES string of the molecule is CCOC(=O)C(F)n1ccn2nccc2c1=O. The molecule has 7 heteroatoms. The number of halogens is 1. The number of rotatable bonds is 3. The van der Waals surface area contributed by atoms with Crippen LogP contribution in [0.15, 0.2) is 29.5 Å². The lowest BCUT2D eigenvalue weighted by Crippen LogP contribution is -2.29. The van der Waals surface area contributed by atoms with Gasteiger partial charge in [-0.2, -0.15) is 5.10 Å². The van der Waals surface area contributed by atoms with Gasteiger partial charge in [-0.1, -0.05) is 0 Å². The number of carbonyl (C=O) groups excluding carboxylic acids is 1. The van der Waals surface area contributed by atoms with Crippen LogP contribution in [0.25, 0.3) is 5.52 Å². The van der Waals surface area contributed by atoms with Gasteiger partial charge in [0, 0.05) is 12.4 Å². The largest absolute Gasteiger partial charge is 0.462 e. The molecule has 1 atom stereocenters. The van der Waals surface area contributed by atoms with Gasteiger partial charge < -0.3 is 4.74 Å². The first-order chi connectivity index (χ1) is 8.15. The van der Waals surface area contributed by atoms with Crippen LogP contribution in [0.1, 0.15) is 13.2 Å². The Morgan fingerprint density at radius 2 is 2.35 bits per heavy atom. The Labute approximate surface area is 95.2 Å². The van der Waals surface area contributed by atoms with E-state index in [1.54, 1.807) is 6.92 Å². The Hall–Kier alpha value is -2.18. The van der Waals surface area contributed by atoms with Crippen molar-refractivity contribution in [3.8, 4) is 0 Å². The predicted molar refractivity (Wildman–Crippen MR) is 56.2 cm³/mol. The van der Waals surface area contributed by atoms with Crippen LogP contribution in [-0.4, -0.2) is 26.8 Å². The zero-order valence-corrected chi connectivity index (χ0v) is 9.04. The van der Waals surface area contributed by atoms with E-state index in [1.165, 1.54) is 23.0 Å². The molecule has 2 aromatic heterocycles. The fraction of sp³-hybridized carbons (Fsp3) is 0.300. The third-order valence-corrected chi connectivity index (χ3v) is 2.22. The van der Waals surface area contributed by atoms with E-state index in [0.29, 0.717) is 4.57 Å². The third kappa shape index (κ3) is 1.91. The van der Waals surface area contributed by atoms with Crippen LogP contribution < -0.4 is 5.56 Å². The van der Waals surface area contributed by atoms with E-state index in [9.17, 15) is 14.0 Å². The quantitative estimate of drug-likeness (QED) is 0.733. The second-order valence-corrected chi connectivity index (χ2v) is 3.26. The molecule has 0 amide bonds. The molecule has 1 unspecified atom stereocenters. The van der Waals surface area contributed by atoms with Crippen molar-refractivity contribution in [2.75, 3.05) is 6.61 Å². The van der Waals surface area contributed by atoms with Gasteiger partial charge in [-0.05, 0) is 13.0 Å². The van der Waals surface area contributed by atoms with E-state index in [0.717, 1.165) is 6.20 Å². The van der Waals surface area contributed by atoms with E-state index < -0.39 is 17.8 Å². The highest BCUT2D eigenvalue weighted by Crippen LogP contribution is 2.08. The van der Waals surface area contributed by atoms with Crippen LogP contribution in [0.4, 0.5) is 4.39 Å². The Kier molecular flexibility index (Phi) is 2.90. The molecule has 0 spiro atoms. The highest BCUT2D eigenvalue weighted by Gasteiger charge is 2.22. The molecule has 0 radical (unpaired) electrons. The van der Waals surface area contributed by atoms with Gasteiger partial charge in [-0.3, -0.25) is 9.36 Å². The molecule has 0 N–H and O–H groups in total. The van der Waals surface area contributed by atoms with E-state index in [-0.39, 0.29) is 12.1 Å². The zero-order chi connectivity index (χ0) is 12.4. The number of hydrogen-bond donors (Lipinski definition) is 0. The van der Waals surface area contributed by atoms with Crippen LogP contribution >= 0.6 is 0 Å². The van der Waals surface area contributed by atoms with Crippen molar-refractivity contribution in [1.29, 1.82) is 0 Å². The van der Waals surface area contributed by atoms with E-state index in [4.69, 9.17) is 0 Å². The summed E-state index contributed by atoms with van der Waals surface area (Å²) in [6.07, 6.45) is 1.83. The lowest BCUT2D eigenvalue weighted by molar-refractivity contribution is -0.152. The summed E-state index contributed by atoms with van der Waals surface area (Å²) in [5.74, 6) is -1.08. The number of esters is 1. The smallest absolute Gasteiger partial charge is 0.362 e. The van der Waals surface area contributed by atoms with Crippen LogP contribution in [0.2, 0.25) is 0 Å². The van der Waals surface area contributed by atoms with Crippen LogP contribution in [0.3, 0.4) is 0 Å². The molecule has 2 heterocycles. The molecule has 2 aromatic rings. The van der Waals surface area contributed by atoms with Gasteiger partial charge in [0.15, 0.2) is 0 Å². The van der Waals surface area contributed by atoms with Crippen molar-refractivity contribution >= 4 is 11.5 Å². The molecule has 17 heavy (non-hydrogen) atoms. The minimum absolute atomic E-state index is 0.0585. The van der Waals surface area contributed by atoms with Crippen LogP contribution in [0, 0.1) is 0 Å². The number of nitrogens with zero attached hydrogens (tertiary/aromatic N) is 3. The molecule has 0 fully saturated rings. The predicted octanol–water partition coefficient (Wildman–Crippen LogP) is 0.527. The highest BCUT2D eigenvalue weighted by atomic mass is 19.1. The zero-order valence-electron chi connectivity index (χ0n) is 9.04. The Bertz CT molecular complexity index is 604. The fourth-order valence-corrected chi connectivity index (χ4v) is 1.44. The van der Waals surface area contributed by atoms with Gasteiger partial charge in [0.25, 0.3) is 11.9 Å². The summed E-state index contributed by atoms with van der Waals surface area (Å²) in [4.78, 5) is 23.0. The Morgan fingerprint density at radius 3 is 3.06 bits per heavy atom. The molecule has 0 saturated carbocycles. The molecule has 0 aliphatic rings. The average molecular weight is 239 g/mol. The summed E-state index contributed by atoms with van der Waals surface area (Å²) in [7, 11) is 0. The first-order valence-electron chi connectivity index (χ1n) is 5.00. The summed E-state index contributed by atoms with van der Waals surface area (Å²) in [6.45, 7) is 1.62. The summed E-state index contributed by atoms with van der Waals surface area (Å²) >= 11 is 0. The minimum Gasteiger partial charge on any atom is -0.462 e. The number of ether oxygens (including phenoxy) is 1. The Balaban J connectivity index is 2.45. The first kappa shape index (κ1) is 11.3. The molecular formula is C10H10FN3O3. The van der Waals surface area contributed by atoms with E-state index in [2.05, 4.69) is 9.84 Å². The van der Waals surface area contributed by atoms with Crippen molar-refractivity contribution in [2.45, 2.75) is 13.2 Å². The topological polar surface area (TPSA) is 65.6 Å². The average Bonchev–Trinajstić information content (AvgIpc) is 2.78. The maximum absolute atomic E-state index is 13.7. The molecule has 0 aliphatic carbocycles. The molecule has 2 rings (SSSR count). The molecule has 0 saturated heterocycles. The number of carbonyl (C=O) groups is 1. The fourth-order valence-electron chi connectivity index (χ4n) is 1.44. The van der Waals surface area contributed by atoms with Gasteiger partial charge in [-0.15, -0.1) is 0 Å². The number of aromatic nitrogens is 3. The van der Waals surface area contributed by atoms with Gasteiger partial charge in [0.05, 0.1) is 12.8 Å².